The van der Waals surface area contributed by atoms with Crippen LogP contribution in [0.4, 0.5) is 32.0 Å². The van der Waals surface area contributed by atoms with Crippen molar-refractivity contribution in [1.29, 1.82) is 0 Å². The van der Waals surface area contributed by atoms with E-state index in [1.165, 1.54) is 5.39 Å². The summed E-state index contributed by atoms with van der Waals surface area (Å²) in [6, 6.07) is 13.1. The number of carbonyl (C=O) groups excluding carboxylic acids is 1. The number of hydrogen-bond acceptors (Lipinski definition) is 6. The van der Waals surface area contributed by atoms with Gasteiger partial charge < -0.3 is 26.2 Å². The summed E-state index contributed by atoms with van der Waals surface area (Å²) >= 11 is 5.93. The van der Waals surface area contributed by atoms with E-state index in [1.807, 2.05) is 29.4 Å². The average molecular weight is 637 g/mol. The lowest BCUT2D eigenvalue weighted by molar-refractivity contribution is -0.193. The molecule has 1 fully saturated rings. The minimum Gasteiger partial charge on any atom is -0.475 e. The lowest BCUT2D eigenvalue weighted by Gasteiger charge is -2.34. The van der Waals surface area contributed by atoms with Gasteiger partial charge in [-0.05, 0) is 49.1 Å². The van der Waals surface area contributed by atoms with Gasteiger partial charge in [-0.1, -0.05) is 35.9 Å². The molecular formula is C27H27ClF6N4O5. The molecule has 0 bridgehead atoms. The highest BCUT2D eigenvalue weighted by Crippen LogP contribution is 2.28. The molecule has 9 nitrogen and oxygen atoms in total. The molecule has 234 valence electrons. The Labute approximate surface area is 246 Å². The zero-order valence-electron chi connectivity index (χ0n) is 22.4. The summed E-state index contributed by atoms with van der Waals surface area (Å²) in [7, 11) is 0. The van der Waals surface area contributed by atoms with Crippen LogP contribution in [0, 0.1) is 6.92 Å². The molecule has 0 spiro atoms. The first-order chi connectivity index (χ1) is 19.9. The maximum atomic E-state index is 12.8. The van der Waals surface area contributed by atoms with Crippen LogP contribution in [0.3, 0.4) is 0 Å². The summed E-state index contributed by atoms with van der Waals surface area (Å²) < 4.78 is 63.5. The third-order valence-electron chi connectivity index (χ3n) is 6.12. The summed E-state index contributed by atoms with van der Waals surface area (Å²) in [6.45, 7) is 3.48. The van der Waals surface area contributed by atoms with Crippen molar-refractivity contribution in [2.24, 2.45) is 5.73 Å². The Morgan fingerprint density at radius 2 is 1.47 bits per heavy atom. The van der Waals surface area contributed by atoms with Gasteiger partial charge in [-0.15, -0.1) is 0 Å². The Bertz CT molecular complexity index is 1380. The summed E-state index contributed by atoms with van der Waals surface area (Å²) in [5, 5.41) is 20.9. The van der Waals surface area contributed by atoms with Crippen molar-refractivity contribution in [3.63, 3.8) is 0 Å². The third kappa shape index (κ3) is 10.6. The van der Waals surface area contributed by atoms with Crippen LogP contribution in [0.5, 0.6) is 0 Å². The van der Waals surface area contributed by atoms with E-state index in [1.54, 1.807) is 12.1 Å². The second-order valence-corrected chi connectivity index (χ2v) is 9.68. The lowest BCUT2D eigenvalue weighted by atomic mass is 10.0. The minimum absolute atomic E-state index is 0.0298. The molecule has 5 N–H and O–H groups in total. The topological polar surface area (TPSA) is 146 Å². The Morgan fingerprint density at radius 3 is 1.95 bits per heavy atom. The number of piperidine rings is 1. The average Bonchev–Trinajstić information content (AvgIpc) is 2.93. The van der Waals surface area contributed by atoms with Gasteiger partial charge in [-0.25, -0.2) is 9.59 Å². The molecule has 1 atom stereocenters. The number of hydrogen-bond donors (Lipinski definition) is 4. The Morgan fingerprint density at radius 1 is 0.953 bits per heavy atom. The molecule has 43 heavy (non-hydrogen) atoms. The van der Waals surface area contributed by atoms with E-state index in [4.69, 9.17) is 37.1 Å². The molecule has 1 aromatic heterocycles. The van der Waals surface area contributed by atoms with Gasteiger partial charge in [-0.3, -0.25) is 9.78 Å². The molecule has 1 unspecified atom stereocenters. The fourth-order valence-corrected chi connectivity index (χ4v) is 4.13. The molecule has 16 heteroatoms. The molecule has 2 aromatic carbocycles. The Balaban J connectivity index is 0.000000384. The first-order valence-corrected chi connectivity index (χ1v) is 12.8. The van der Waals surface area contributed by atoms with E-state index in [0.717, 1.165) is 35.0 Å². The molecule has 2 heterocycles. The van der Waals surface area contributed by atoms with Gasteiger partial charge in [0.25, 0.3) is 0 Å². The number of nitrogens with two attached hydrogens (primary N) is 1. The number of nitrogens with zero attached hydrogens (tertiary/aromatic N) is 2. The van der Waals surface area contributed by atoms with Gasteiger partial charge in [0.2, 0.25) is 5.91 Å². The first kappa shape index (κ1) is 35.1. The number of pyridine rings is 1. The number of likely N-dealkylation sites (tertiary alicyclic amines) is 1. The Hall–Kier alpha value is -4.11. The van der Waals surface area contributed by atoms with Crippen molar-refractivity contribution in [3.05, 3.63) is 71.0 Å². The number of aliphatic carboxylic acids is 2. The quantitative estimate of drug-likeness (QED) is 0.272. The number of carboxylic acids is 2. The maximum Gasteiger partial charge on any atom is 0.490 e. The van der Waals surface area contributed by atoms with Crippen LogP contribution >= 0.6 is 11.6 Å². The van der Waals surface area contributed by atoms with Crippen LogP contribution in [-0.4, -0.2) is 69.4 Å². The molecule has 0 saturated carbocycles. The van der Waals surface area contributed by atoms with E-state index in [2.05, 4.69) is 35.4 Å². The SMILES string of the molecule is Cc1cncc2cccc(NC3CCN(C(=O)C(N)c4ccc(Cl)cc4)CC3)c12.O=C(O)C(F)(F)F.O=C(O)C(F)(F)F. The van der Waals surface area contributed by atoms with Gasteiger partial charge in [0.1, 0.15) is 6.04 Å². The fraction of sp³-hybridized carbons (Fsp3) is 0.333. The number of alkyl halides is 6. The number of aromatic nitrogens is 1. The van der Waals surface area contributed by atoms with Gasteiger partial charge in [0.05, 0.1) is 0 Å². The predicted molar refractivity (Wildman–Crippen MR) is 145 cm³/mol. The summed E-state index contributed by atoms with van der Waals surface area (Å²) in [5.41, 5.74) is 9.28. The third-order valence-corrected chi connectivity index (χ3v) is 6.37. The number of fused-ring (bicyclic) bond motifs is 1. The van der Waals surface area contributed by atoms with E-state index in [0.29, 0.717) is 24.2 Å². The van der Waals surface area contributed by atoms with E-state index < -0.39 is 30.3 Å². The number of anilines is 1. The zero-order valence-corrected chi connectivity index (χ0v) is 23.2. The molecule has 1 aliphatic heterocycles. The number of amides is 1. The Kier molecular flexibility index (Phi) is 12.1. The van der Waals surface area contributed by atoms with Crippen LogP contribution in [0.25, 0.3) is 10.8 Å². The number of rotatable bonds is 4. The molecule has 1 amide bonds. The molecular weight excluding hydrogens is 610 g/mol. The van der Waals surface area contributed by atoms with Crippen molar-refractivity contribution in [2.75, 3.05) is 18.4 Å². The highest BCUT2D eigenvalue weighted by Gasteiger charge is 2.39. The van der Waals surface area contributed by atoms with Crippen LogP contribution in [0.2, 0.25) is 5.02 Å². The smallest absolute Gasteiger partial charge is 0.475 e. The number of halogens is 7. The van der Waals surface area contributed by atoms with Crippen molar-refractivity contribution >= 4 is 45.9 Å². The second-order valence-electron chi connectivity index (χ2n) is 9.24. The molecule has 0 aliphatic carbocycles. The first-order valence-electron chi connectivity index (χ1n) is 12.4. The number of aryl methyl sites for hydroxylation is 1. The van der Waals surface area contributed by atoms with Crippen molar-refractivity contribution in [3.8, 4) is 0 Å². The zero-order chi connectivity index (χ0) is 32.5. The van der Waals surface area contributed by atoms with Crippen LogP contribution in [0.15, 0.2) is 54.9 Å². The molecule has 0 radical (unpaired) electrons. The molecule has 1 aliphatic rings. The van der Waals surface area contributed by atoms with Gasteiger partial charge in [0.15, 0.2) is 0 Å². The van der Waals surface area contributed by atoms with Gasteiger partial charge >= 0.3 is 24.3 Å². The standard InChI is InChI=1S/C23H25ClN4O.2C2HF3O2/c1-15-13-26-14-17-3-2-4-20(21(15)17)27-19-9-11-28(12-10-19)23(29)22(25)16-5-7-18(24)8-6-16;2*3-2(4,5)1(6)7/h2-8,13-14,19,22,27H,9-12,25H2,1H3;2*(H,6,7). The highest BCUT2D eigenvalue weighted by molar-refractivity contribution is 6.30. The summed E-state index contributed by atoms with van der Waals surface area (Å²) in [5.74, 6) is -5.54. The van der Waals surface area contributed by atoms with Crippen LogP contribution in [0.1, 0.15) is 30.0 Å². The normalized spacial score (nSPS) is 14.5. The van der Waals surface area contributed by atoms with Gasteiger partial charge in [0, 0.05) is 53.0 Å². The molecule has 4 rings (SSSR count). The van der Waals surface area contributed by atoms with E-state index in [-0.39, 0.29) is 5.91 Å². The second kappa shape index (κ2) is 14.9. The highest BCUT2D eigenvalue weighted by atomic mass is 35.5. The number of nitrogens with one attached hydrogen (secondary N) is 1. The fourth-order valence-electron chi connectivity index (χ4n) is 4.01. The van der Waals surface area contributed by atoms with Crippen molar-refractivity contribution < 1.29 is 50.9 Å². The number of carbonyl (C=O) groups is 3. The summed E-state index contributed by atoms with van der Waals surface area (Å²) in [4.78, 5) is 36.8. The maximum absolute atomic E-state index is 12.8. The van der Waals surface area contributed by atoms with E-state index in [9.17, 15) is 31.1 Å². The predicted octanol–water partition coefficient (Wildman–Crippen LogP) is 5.57. The summed E-state index contributed by atoms with van der Waals surface area (Å²) in [6.07, 6.45) is -4.60. The van der Waals surface area contributed by atoms with Crippen LogP contribution < -0.4 is 11.1 Å². The molecule has 3 aromatic rings. The van der Waals surface area contributed by atoms with Crippen LogP contribution in [-0.2, 0) is 14.4 Å². The van der Waals surface area contributed by atoms with Crippen molar-refractivity contribution in [1.82, 2.24) is 9.88 Å². The minimum atomic E-state index is -5.08. The largest absolute Gasteiger partial charge is 0.490 e. The number of carboxylic acid groups (broad SMARTS) is 2. The monoisotopic (exact) mass is 636 g/mol. The lowest BCUT2D eigenvalue weighted by Crippen LogP contribution is -2.45. The van der Waals surface area contributed by atoms with Crippen molar-refractivity contribution in [2.45, 2.75) is 44.2 Å². The molecule has 1 saturated heterocycles. The van der Waals surface area contributed by atoms with E-state index >= 15 is 0 Å². The number of benzene rings is 2. The van der Waals surface area contributed by atoms with Gasteiger partial charge in [-0.2, -0.15) is 26.3 Å².